The molecule has 5 rings (SSSR count). The van der Waals surface area contributed by atoms with Crippen LogP contribution >= 0.6 is 8.15 Å². The fourth-order valence-corrected chi connectivity index (χ4v) is 8.24. The largest absolute Gasteiger partial charge is 0.349 e. The summed E-state index contributed by atoms with van der Waals surface area (Å²) >= 11 is 0. The van der Waals surface area contributed by atoms with E-state index in [-0.39, 0.29) is 10.7 Å². The van der Waals surface area contributed by atoms with Crippen molar-refractivity contribution in [2.45, 2.75) is 82.7 Å². The summed E-state index contributed by atoms with van der Waals surface area (Å²) < 4.78 is 25.4. The van der Waals surface area contributed by atoms with Crippen LogP contribution in [-0.4, -0.2) is 22.3 Å². The predicted molar refractivity (Wildman–Crippen MR) is 93.6 cm³/mol. The van der Waals surface area contributed by atoms with Crippen LogP contribution in [0, 0.1) is 0 Å². The van der Waals surface area contributed by atoms with Gasteiger partial charge in [-0.25, -0.2) is 0 Å². The van der Waals surface area contributed by atoms with Crippen molar-refractivity contribution in [2.24, 2.45) is 0 Å². The van der Waals surface area contributed by atoms with Gasteiger partial charge in [-0.1, -0.05) is 31.2 Å². The number of ether oxygens (including phenoxy) is 3. The van der Waals surface area contributed by atoms with E-state index in [1.165, 1.54) is 11.1 Å². The molecule has 4 fully saturated rings. The second kappa shape index (κ2) is 5.25. The van der Waals surface area contributed by atoms with E-state index in [2.05, 4.69) is 45.0 Å². The Labute approximate surface area is 145 Å². The number of benzene rings is 1. The zero-order valence-corrected chi connectivity index (χ0v) is 16.1. The maximum absolute atomic E-state index is 6.50. The Morgan fingerprint density at radius 3 is 2.00 bits per heavy atom. The number of hydrogen-bond acceptors (Lipinski definition) is 4. The molecule has 0 aliphatic carbocycles. The van der Waals surface area contributed by atoms with Crippen LogP contribution in [0.5, 0.6) is 0 Å². The molecule has 24 heavy (non-hydrogen) atoms. The molecule has 4 nitrogen and oxygen atoms in total. The Kier molecular flexibility index (Phi) is 3.70. The van der Waals surface area contributed by atoms with Crippen LogP contribution in [0.4, 0.5) is 0 Å². The molecule has 4 saturated heterocycles. The minimum absolute atomic E-state index is 0.330. The molecule has 0 radical (unpaired) electrons. The Hall–Kier alpha value is -0.510. The summed E-state index contributed by atoms with van der Waals surface area (Å²) in [6, 6.07) is 8.50. The van der Waals surface area contributed by atoms with Crippen molar-refractivity contribution in [3.8, 4) is 0 Å². The zero-order chi connectivity index (χ0) is 17.2. The highest BCUT2D eigenvalue weighted by Crippen LogP contribution is 2.76. The van der Waals surface area contributed by atoms with E-state index in [0.717, 1.165) is 6.42 Å². The van der Waals surface area contributed by atoms with E-state index >= 15 is 0 Å². The first-order valence-electron chi connectivity index (χ1n) is 8.80. The summed E-state index contributed by atoms with van der Waals surface area (Å²) in [5.41, 5.74) is 2.61. The zero-order valence-electron chi connectivity index (χ0n) is 15.2. The number of aryl methyl sites for hydroxylation is 1. The highest BCUT2D eigenvalue weighted by molar-refractivity contribution is 7.55. The Morgan fingerprint density at radius 2 is 1.46 bits per heavy atom. The van der Waals surface area contributed by atoms with Crippen molar-refractivity contribution in [1.82, 2.24) is 0 Å². The molecule has 4 unspecified atom stereocenters. The van der Waals surface area contributed by atoms with E-state index in [0.29, 0.717) is 19.4 Å². The van der Waals surface area contributed by atoms with Gasteiger partial charge in [0, 0.05) is 12.8 Å². The molecule has 4 aliphatic rings. The monoisotopic (exact) mass is 350 g/mol. The van der Waals surface area contributed by atoms with E-state index in [1.54, 1.807) is 0 Å². The van der Waals surface area contributed by atoms with Gasteiger partial charge in [0.1, 0.15) is 10.7 Å². The van der Waals surface area contributed by atoms with Gasteiger partial charge < -0.3 is 18.7 Å². The lowest BCUT2D eigenvalue weighted by Crippen LogP contribution is -2.71. The molecule has 132 valence electrons. The van der Waals surface area contributed by atoms with Crippen molar-refractivity contribution in [3.63, 3.8) is 0 Å². The van der Waals surface area contributed by atoms with Gasteiger partial charge in [-0.3, -0.25) is 0 Å². The van der Waals surface area contributed by atoms with Crippen molar-refractivity contribution in [1.29, 1.82) is 0 Å². The van der Waals surface area contributed by atoms with Gasteiger partial charge >= 0.3 is 0 Å². The van der Waals surface area contributed by atoms with Gasteiger partial charge in [0.2, 0.25) is 0 Å². The lowest BCUT2D eigenvalue weighted by atomic mass is 9.98. The number of rotatable bonds is 4. The fourth-order valence-electron chi connectivity index (χ4n) is 5.01. The summed E-state index contributed by atoms with van der Waals surface area (Å²) in [7, 11) is -0.899. The fraction of sp³-hybridized carbons (Fsp3) is 0.684. The van der Waals surface area contributed by atoms with E-state index in [4.69, 9.17) is 18.7 Å². The normalized spacial score (nSPS) is 46.5. The molecule has 4 bridgehead atoms. The van der Waals surface area contributed by atoms with Gasteiger partial charge in [-0.15, -0.1) is 0 Å². The third kappa shape index (κ3) is 2.55. The maximum Gasteiger partial charge on any atom is 0.173 e. The maximum atomic E-state index is 6.50. The molecule has 0 N–H and O–H groups in total. The van der Waals surface area contributed by atoms with Crippen LogP contribution in [-0.2, 0) is 31.8 Å². The predicted octanol–water partition coefficient (Wildman–Crippen LogP) is 4.90. The molecule has 0 saturated carbocycles. The minimum atomic E-state index is -0.899. The Morgan fingerprint density at radius 1 is 0.917 bits per heavy atom. The van der Waals surface area contributed by atoms with Crippen molar-refractivity contribution >= 4 is 8.15 Å². The molecular weight excluding hydrogens is 323 g/mol. The van der Waals surface area contributed by atoms with E-state index in [1.807, 2.05) is 13.8 Å². The smallest absolute Gasteiger partial charge is 0.173 e. The van der Waals surface area contributed by atoms with Gasteiger partial charge in [-0.05, 0) is 45.2 Å². The molecule has 0 spiro atoms. The second-order valence-electron chi connectivity index (χ2n) is 7.97. The number of hydrogen-bond donors (Lipinski definition) is 0. The van der Waals surface area contributed by atoms with Gasteiger partial charge in [0.25, 0.3) is 0 Å². The van der Waals surface area contributed by atoms with Crippen LogP contribution in [0.25, 0.3) is 0 Å². The third-order valence-corrected chi connectivity index (χ3v) is 7.91. The van der Waals surface area contributed by atoms with Crippen LogP contribution in [0.1, 0.15) is 58.6 Å². The SMILES string of the molecule is CCc1ccccc1COP1C2(C)CC3(C)OC(C)(CC1(C)O3)O2. The average Bonchev–Trinajstić information content (AvgIpc) is 2.42. The first-order chi connectivity index (χ1) is 11.2. The van der Waals surface area contributed by atoms with Crippen molar-refractivity contribution in [3.05, 3.63) is 35.4 Å². The molecule has 4 aliphatic heterocycles. The van der Waals surface area contributed by atoms with Crippen LogP contribution < -0.4 is 0 Å². The van der Waals surface area contributed by atoms with E-state index in [9.17, 15) is 0 Å². The topological polar surface area (TPSA) is 36.9 Å². The second-order valence-corrected chi connectivity index (χ2v) is 10.7. The lowest BCUT2D eigenvalue weighted by Gasteiger charge is -2.68. The Bertz CT molecular complexity index is 617. The molecule has 1 aromatic rings. The third-order valence-electron chi connectivity index (χ3n) is 5.31. The van der Waals surface area contributed by atoms with Gasteiger partial charge in [0.15, 0.2) is 11.6 Å². The van der Waals surface area contributed by atoms with Crippen LogP contribution in [0.15, 0.2) is 24.3 Å². The minimum Gasteiger partial charge on any atom is -0.349 e. The molecule has 4 heterocycles. The molecule has 5 heteroatoms. The van der Waals surface area contributed by atoms with Crippen LogP contribution in [0.3, 0.4) is 0 Å². The Balaban J connectivity index is 1.60. The van der Waals surface area contributed by atoms with Gasteiger partial charge in [0.05, 0.1) is 14.8 Å². The highest BCUT2D eigenvalue weighted by atomic mass is 31.1. The molecular formula is C19H27O4P. The van der Waals surface area contributed by atoms with E-state index < -0.39 is 19.7 Å². The molecule has 0 aromatic heterocycles. The lowest BCUT2D eigenvalue weighted by molar-refractivity contribution is -0.470. The quantitative estimate of drug-likeness (QED) is 0.724. The van der Waals surface area contributed by atoms with Crippen molar-refractivity contribution in [2.75, 3.05) is 0 Å². The highest BCUT2D eigenvalue weighted by Gasteiger charge is 2.72. The summed E-state index contributed by atoms with van der Waals surface area (Å²) in [6.07, 6.45) is 2.45. The molecule has 1 aromatic carbocycles. The van der Waals surface area contributed by atoms with Gasteiger partial charge in [-0.2, -0.15) is 0 Å². The molecule has 0 amide bonds. The standard InChI is InChI=1S/C19H27O4P/c1-6-14-9-7-8-10-15(14)11-20-24-18(4)12-16(2)21-17(3,23-18)13-19(24,5)22-16/h7-10H,6,11-13H2,1-5H3. The summed E-state index contributed by atoms with van der Waals surface area (Å²) in [5, 5.41) is -0.660. The van der Waals surface area contributed by atoms with Crippen LogP contribution in [0.2, 0.25) is 0 Å². The first kappa shape index (κ1) is 16.9. The average molecular weight is 350 g/mol. The molecule has 4 atom stereocenters. The van der Waals surface area contributed by atoms with Crippen molar-refractivity contribution < 1.29 is 18.7 Å². The summed E-state index contributed by atoms with van der Waals surface area (Å²) in [6.45, 7) is 11.2. The summed E-state index contributed by atoms with van der Waals surface area (Å²) in [4.78, 5) is 0. The summed E-state index contributed by atoms with van der Waals surface area (Å²) in [5.74, 6) is -1.14. The first-order valence-corrected chi connectivity index (χ1v) is 10.1.